The number of aromatic nitrogens is 2. The second-order valence-corrected chi connectivity index (χ2v) is 8.20. The van der Waals surface area contributed by atoms with Gasteiger partial charge in [0.25, 0.3) is 10.2 Å². The van der Waals surface area contributed by atoms with E-state index in [-0.39, 0.29) is 12.0 Å². The molecule has 1 aromatic carbocycles. The largest absolute Gasteiger partial charge is 0.493 e. The quantitative estimate of drug-likeness (QED) is 0.816. The monoisotopic (exact) mass is 379 g/mol. The van der Waals surface area contributed by atoms with Crippen LogP contribution in [0.15, 0.2) is 18.5 Å². The number of nitrogens with two attached hydrogens (primary N) is 1. The Hall–Kier alpha value is -2.17. The Morgan fingerprint density at radius 1 is 1.12 bits per heavy atom. The third-order valence-electron chi connectivity index (χ3n) is 5.11. The van der Waals surface area contributed by atoms with Crippen molar-refractivity contribution in [3.63, 3.8) is 0 Å². The molecule has 0 amide bonds. The lowest BCUT2D eigenvalue weighted by Gasteiger charge is -2.33. The van der Waals surface area contributed by atoms with Crippen LogP contribution >= 0.6 is 0 Å². The van der Waals surface area contributed by atoms with E-state index in [1.807, 2.05) is 12.1 Å². The molecule has 3 heterocycles. The lowest BCUT2D eigenvalue weighted by Crippen LogP contribution is -2.46. The number of methoxy groups -OCH3 is 2. The van der Waals surface area contributed by atoms with Gasteiger partial charge in [0.1, 0.15) is 12.1 Å². The maximum atomic E-state index is 11.8. The van der Waals surface area contributed by atoms with Crippen LogP contribution in [0.1, 0.15) is 6.42 Å². The van der Waals surface area contributed by atoms with Gasteiger partial charge in [-0.15, -0.1) is 0 Å². The van der Waals surface area contributed by atoms with E-state index < -0.39 is 10.2 Å². The van der Waals surface area contributed by atoms with E-state index in [0.717, 1.165) is 29.7 Å². The van der Waals surface area contributed by atoms with Crippen LogP contribution in [0.3, 0.4) is 0 Å². The minimum Gasteiger partial charge on any atom is -0.493 e. The third-order valence-corrected chi connectivity index (χ3v) is 6.21. The second kappa shape index (κ2) is 6.22. The average Bonchev–Trinajstić information content (AvgIpc) is 2.93. The van der Waals surface area contributed by atoms with Crippen LogP contribution in [0.25, 0.3) is 10.9 Å². The molecule has 2 unspecified atom stereocenters. The summed E-state index contributed by atoms with van der Waals surface area (Å²) in [5.41, 5.74) is 0.744. The Bertz CT molecular complexity index is 951. The summed E-state index contributed by atoms with van der Waals surface area (Å²) in [5.74, 6) is 2.20. The number of benzene rings is 1. The smallest absolute Gasteiger partial charge is 0.277 e. The van der Waals surface area contributed by atoms with Gasteiger partial charge < -0.3 is 14.4 Å². The maximum absolute atomic E-state index is 11.8. The van der Waals surface area contributed by atoms with Gasteiger partial charge in [-0.2, -0.15) is 12.7 Å². The molecule has 0 spiro atoms. The highest BCUT2D eigenvalue weighted by molar-refractivity contribution is 7.86. The first-order valence-electron chi connectivity index (χ1n) is 8.32. The summed E-state index contributed by atoms with van der Waals surface area (Å²) in [6, 6.07) is 3.54. The molecule has 2 aliphatic heterocycles. The normalized spacial score (nSPS) is 23.4. The number of fused-ring (bicyclic) bond motifs is 3. The van der Waals surface area contributed by atoms with Crippen molar-refractivity contribution in [2.24, 2.45) is 11.1 Å². The van der Waals surface area contributed by atoms with Crippen molar-refractivity contribution in [3.8, 4) is 11.5 Å². The number of rotatable bonds is 4. The van der Waals surface area contributed by atoms with Gasteiger partial charge in [-0.05, 0) is 18.4 Å². The standard InChI is InChI=1S/C16H21N5O4S/c1-24-14-4-12-13(5-15(14)25-2)18-9-19-16(12)20-6-10-3-11(8-20)21(7-10)26(17,22)23/h4-5,9-11H,3,6-8H2,1-2H3,(H2,17,22,23). The van der Waals surface area contributed by atoms with Gasteiger partial charge in [-0.25, -0.2) is 15.1 Å². The van der Waals surface area contributed by atoms with Crippen molar-refractivity contribution in [1.29, 1.82) is 0 Å². The van der Waals surface area contributed by atoms with Crippen molar-refractivity contribution in [3.05, 3.63) is 18.5 Å². The molecule has 2 saturated heterocycles. The summed E-state index contributed by atoms with van der Waals surface area (Å²) in [4.78, 5) is 10.9. The lowest BCUT2D eigenvalue weighted by atomic mass is 9.99. The average molecular weight is 379 g/mol. The Labute approximate surface area is 151 Å². The van der Waals surface area contributed by atoms with Crippen molar-refractivity contribution >= 4 is 26.9 Å². The zero-order valence-corrected chi connectivity index (χ0v) is 15.4. The summed E-state index contributed by atoms with van der Waals surface area (Å²) >= 11 is 0. The predicted octanol–water partition coefficient (Wildman–Crippen LogP) is 0.361. The molecule has 4 rings (SSSR count). The molecule has 0 aliphatic carbocycles. The fraction of sp³-hybridized carbons (Fsp3) is 0.500. The highest BCUT2D eigenvalue weighted by Crippen LogP contribution is 2.38. The van der Waals surface area contributed by atoms with Gasteiger partial charge >= 0.3 is 0 Å². The molecule has 2 fully saturated rings. The molecule has 2 atom stereocenters. The number of hydrogen-bond acceptors (Lipinski definition) is 7. The van der Waals surface area contributed by atoms with Crippen LogP contribution in [0.4, 0.5) is 5.82 Å². The Kier molecular flexibility index (Phi) is 4.13. The van der Waals surface area contributed by atoms with Crippen LogP contribution in [0, 0.1) is 5.92 Å². The number of anilines is 1. The third kappa shape index (κ3) is 2.83. The maximum Gasteiger partial charge on any atom is 0.277 e. The molecule has 26 heavy (non-hydrogen) atoms. The van der Waals surface area contributed by atoms with Gasteiger partial charge in [-0.1, -0.05) is 0 Å². The molecule has 10 heteroatoms. The Morgan fingerprint density at radius 3 is 2.54 bits per heavy atom. The topological polar surface area (TPSA) is 111 Å². The zero-order chi connectivity index (χ0) is 18.5. The first kappa shape index (κ1) is 17.3. The summed E-state index contributed by atoms with van der Waals surface area (Å²) in [5, 5.41) is 6.21. The van der Waals surface area contributed by atoms with E-state index in [2.05, 4.69) is 14.9 Å². The molecular formula is C16H21N5O4S. The van der Waals surface area contributed by atoms with Gasteiger partial charge in [0, 0.05) is 37.1 Å². The van der Waals surface area contributed by atoms with Crippen molar-refractivity contribution < 1.29 is 17.9 Å². The molecule has 1 aromatic heterocycles. The summed E-state index contributed by atoms with van der Waals surface area (Å²) in [6.07, 6.45) is 2.34. The second-order valence-electron chi connectivity index (χ2n) is 6.70. The van der Waals surface area contributed by atoms with E-state index >= 15 is 0 Å². The van der Waals surface area contributed by atoms with E-state index in [1.165, 1.54) is 10.6 Å². The minimum absolute atomic E-state index is 0.131. The Balaban J connectivity index is 1.74. The summed E-state index contributed by atoms with van der Waals surface area (Å²) < 4.78 is 35.8. The highest BCUT2D eigenvalue weighted by atomic mass is 32.2. The molecule has 2 aliphatic rings. The van der Waals surface area contributed by atoms with Crippen LogP contribution < -0.4 is 19.5 Å². The van der Waals surface area contributed by atoms with E-state index in [0.29, 0.717) is 24.6 Å². The van der Waals surface area contributed by atoms with Gasteiger partial charge in [0.05, 0.1) is 19.7 Å². The van der Waals surface area contributed by atoms with Crippen LogP contribution in [0.5, 0.6) is 11.5 Å². The predicted molar refractivity (Wildman–Crippen MR) is 96.6 cm³/mol. The minimum atomic E-state index is -3.69. The first-order chi connectivity index (χ1) is 12.4. The van der Waals surface area contributed by atoms with Gasteiger partial charge in [0.15, 0.2) is 11.5 Å². The molecule has 9 nitrogen and oxygen atoms in total. The highest BCUT2D eigenvalue weighted by Gasteiger charge is 2.43. The van der Waals surface area contributed by atoms with E-state index in [1.54, 1.807) is 14.2 Å². The van der Waals surface area contributed by atoms with Crippen molar-refractivity contribution in [1.82, 2.24) is 14.3 Å². The van der Waals surface area contributed by atoms with E-state index in [4.69, 9.17) is 14.6 Å². The number of hydrogen-bond donors (Lipinski definition) is 1. The van der Waals surface area contributed by atoms with Crippen LogP contribution in [0.2, 0.25) is 0 Å². The van der Waals surface area contributed by atoms with Gasteiger partial charge in [-0.3, -0.25) is 0 Å². The lowest BCUT2D eigenvalue weighted by molar-refractivity contribution is 0.355. The molecule has 0 saturated carbocycles. The van der Waals surface area contributed by atoms with Crippen molar-refractivity contribution in [2.45, 2.75) is 12.5 Å². The zero-order valence-electron chi connectivity index (χ0n) is 14.6. The fourth-order valence-corrected chi connectivity index (χ4v) is 5.01. The number of nitrogens with zero attached hydrogens (tertiary/aromatic N) is 4. The molecular weight excluding hydrogens is 358 g/mol. The first-order valence-corrected chi connectivity index (χ1v) is 9.82. The molecule has 140 valence electrons. The number of ether oxygens (including phenoxy) is 2. The molecule has 2 bridgehead atoms. The Morgan fingerprint density at radius 2 is 1.85 bits per heavy atom. The summed E-state index contributed by atoms with van der Waals surface area (Å²) in [7, 11) is -0.526. The number of piperidine rings is 1. The van der Waals surface area contributed by atoms with Crippen molar-refractivity contribution in [2.75, 3.05) is 38.8 Å². The molecule has 2 aromatic rings. The van der Waals surface area contributed by atoms with Gasteiger partial charge in [0.2, 0.25) is 0 Å². The van der Waals surface area contributed by atoms with Crippen LogP contribution in [-0.2, 0) is 10.2 Å². The molecule has 2 N–H and O–H groups in total. The molecule has 0 radical (unpaired) electrons. The van der Waals surface area contributed by atoms with E-state index in [9.17, 15) is 8.42 Å². The fourth-order valence-electron chi connectivity index (χ4n) is 4.02. The summed E-state index contributed by atoms with van der Waals surface area (Å²) in [6.45, 7) is 1.73. The van der Waals surface area contributed by atoms with Crippen LogP contribution in [-0.4, -0.2) is 62.6 Å². The SMILES string of the molecule is COc1cc2ncnc(N3CC4CC(C3)N(S(N)(=O)=O)C4)c2cc1OC.